The van der Waals surface area contributed by atoms with Gasteiger partial charge in [-0.3, -0.25) is 14.8 Å². The third-order valence-electron chi connectivity index (χ3n) is 3.50. The Bertz CT molecular complexity index is 837. The van der Waals surface area contributed by atoms with E-state index in [-0.39, 0.29) is 7.43 Å². The van der Waals surface area contributed by atoms with Crippen LogP contribution < -0.4 is 10.8 Å². The van der Waals surface area contributed by atoms with Crippen LogP contribution in [0.25, 0.3) is 0 Å². The minimum atomic E-state index is -1.27. The number of aliphatic hydroxyl groups excluding tert-OH is 1. The van der Waals surface area contributed by atoms with Crippen LogP contribution in [0.5, 0.6) is 0 Å². The number of carbonyl (C=O) groups is 2. The Morgan fingerprint density at radius 2 is 1.48 bits per heavy atom. The van der Waals surface area contributed by atoms with Crippen molar-refractivity contribution in [1.82, 2.24) is 10.8 Å². The number of rotatable bonds is 4. The summed E-state index contributed by atoms with van der Waals surface area (Å²) in [5.74, 6) is 4.49. The average molecular weight is 389 g/mol. The van der Waals surface area contributed by atoms with Gasteiger partial charge in [-0.2, -0.15) is 0 Å². The van der Waals surface area contributed by atoms with Gasteiger partial charge in [-0.05, 0) is 55.5 Å². The third-order valence-corrected chi connectivity index (χ3v) is 3.76. The van der Waals surface area contributed by atoms with Crippen molar-refractivity contribution in [2.45, 2.75) is 26.5 Å². The molecule has 6 nitrogen and oxygen atoms in total. The molecule has 0 heterocycles. The van der Waals surface area contributed by atoms with E-state index < -0.39 is 24.0 Å². The van der Waals surface area contributed by atoms with Gasteiger partial charge in [0, 0.05) is 21.7 Å². The molecule has 0 aliphatic heterocycles. The highest BCUT2D eigenvalue weighted by molar-refractivity contribution is 6.30. The summed E-state index contributed by atoms with van der Waals surface area (Å²) in [5.41, 5.74) is 3.21. The van der Waals surface area contributed by atoms with Gasteiger partial charge in [-0.1, -0.05) is 30.9 Å². The molecule has 0 unspecified atom stereocenters. The monoisotopic (exact) mass is 388 g/mol. The molecule has 0 aliphatic carbocycles. The van der Waals surface area contributed by atoms with Crippen LogP contribution in [-0.2, 0) is 4.79 Å². The summed E-state index contributed by atoms with van der Waals surface area (Å²) in [4.78, 5) is 23.6. The molecule has 4 N–H and O–H groups in total. The fourth-order valence-corrected chi connectivity index (χ4v) is 2.21. The summed E-state index contributed by atoms with van der Waals surface area (Å²) < 4.78 is 0. The zero-order valence-electron chi connectivity index (χ0n) is 13.9. The van der Waals surface area contributed by atoms with E-state index in [1.54, 1.807) is 48.5 Å². The minimum Gasteiger partial charge on any atom is -0.391 e. The highest BCUT2D eigenvalue weighted by Gasteiger charge is 2.25. The molecular weight excluding hydrogens is 368 g/mol. The molecule has 0 spiro atoms. The van der Waals surface area contributed by atoms with Crippen LogP contribution in [0, 0.1) is 11.8 Å². The number of hydrogen-bond donors (Lipinski definition) is 4. The van der Waals surface area contributed by atoms with Crippen molar-refractivity contribution in [2.24, 2.45) is 0 Å². The zero-order valence-corrected chi connectivity index (χ0v) is 14.6. The molecule has 7 heteroatoms. The van der Waals surface area contributed by atoms with Crippen molar-refractivity contribution < 1.29 is 19.9 Å². The van der Waals surface area contributed by atoms with Crippen LogP contribution in [0.2, 0.25) is 5.02 Å². The highest BCUT2D eigenvalue weighted by atomic mass is 35.5. The van der Waals surface area contributed by atoms with E-state index in [4.69, 9.17) is 16.8 Å². The minimum absolute atomic E-state index is 0. The summed E-state index contributed by atoms with van der Waals surface area (Å²) in [7, 11) is 0. The van der Waals surface area contributed by atoms with Crippen molar-refractivity contribution in [3.63, 3.8) is 0 Å². The van der Waals surface area contributed by atoms with E-state index in [0.29, 0.717) is 16.1 Å². The number of benzene rings is 2. The quantitative estimate of drug-likeness (QED) is 0.367. The Hall–Kier alpha value is -2.85. The van der Waals surface area contributed by atoms with Crippen molar-refractivity contribution >= 4 is 23.4 Å². The van der Waals surface area contributed by atoms with E-state index in [1.807, 2.05) is 0 Å². The highest BCUT2D eigenvalue weighted by Crippen LogP contribution is 2.09. The predicted octanol–water partition coefficient (Wildman–Crippen LogP) is 2.36. The maximum atomic E-state index is 12.2. The molecule has 0 bridgehead atoms. The normalized spacial score (nSPS) is 11.9. The van der Waals surface area contributed by atoms with Gasteiger partial charge in [0.05, 0.1) is 6.10 Å². The van der Waals surface area contributed by atoms with Gasteiger partial charge in [-0.15, -0.1) is 0 Å². The average Bonchev–Trinajstić information content (AvgIpc) is 2.65. The van der Waals surface area contributed by atoms with E-state index in [9.17, 15) is 14.7 Å². The zero-order chi connectivity index (χ0) is 19.1. The van der Waals surface area contributed by atoms with Crippen LogP contribution in [0.3, 0.4) is 0 Å². The number of amides is 2. The Labute approximate surface area is 163 Å². The Morgan fingerprint density at radius 1 is 1.00 bits per heavy atom. The lowest BCUT2D eigenvalue weighted by atomic mass is 10.1. The smallest absolute Gasteiger partial charge is 0.268 e. The van der Waals surface area contributed by atoms with E-state index in [2.05, 4.69) is 17.2 Å². The molecular formula is C20H21ClN2O4. The molecule has 2 aromatic carbocycles. The summed E-state index contributed by atoms with van der Waals surface area (Å²) >= 11 is 5.82. The number of hydroxylamine groups is 1. The maximum absolute atomic E-state index is 12.2. The SMILES string of the molecule is C.C[C@@H](O)[C@H](NC(=O)c1ccc(C#Cc2ccc(Cl)cc2)cc1)C(=O)NO. The summed E-state index contributed by atoms with van der Waals surface area (Å²) in [6, 6.07) is 12.3. The van der Waals surface area contributed by atoms with Crippen LogP contribution in [-0.4, -0.2) is 34.3 Å². The molecule has 142 valence electrons. The van der Waals surface area contributed by atoms with Crippen LogP contribution >= 0.6 is 11.6 Å². The molecule has 2 atom stereocenters. The van der Waals surface area contributed by atoms with E-state index in [1.165, 1.54) is 12.4 Å². The Morgan fingerprint density at radius 3 is 1.93 bits per heavy atom. The molecule has 27 heavy (non-hydrogen) atoms. The number of aliphatic hydroxyl groups is 1. The van der Waals surface area contributed by atoms with Gasteiger partial charge in [0.25, 0.3) is 11.8 Å². The van der Waals surface area contributed by atoms with Crippen LogP contribution in [0.1, 0.15) is 35.8 Å². The molecule has 0 saturated carbocycles. The first-order valence-electron chi connectivity index (χ1n) is 7.71. The molecule has 0 fully saturated rings. The van der Waals surface area contributed by atoms with E-state index >= 15 is 0 Å². The number of nitrogens with one attached hydrogen (secondary N) is 2. The fraction of sp³-hybridized carbons (Fsp3) is 0.200. The first-order chi connectivity index (χ1) is 12.4. The Balaban J connectivity index is 0.00000364. The molecule has 0 aromatic heterocycles. The lowest BCUT2D eigenvalue weighted by Crippen LogP contribution is -2.51. The summed E-state index contributed by atoms with van der Waals surface area (Å²) in [6.07, 6.45) is -1.17. The fourth-order valence-electron chi connectivity index (χ4n) is 2.08. The lowest BCUT2D eigenvalue weighted by Gasteiger charge is -2.19. The van der Waals surface area contributed by atoms with Crippen molar-refractivity contribution in [3.8, 4) is 11.8 Å². The lowest BCUT2D eigenvalue weighted by molar-refractivity contribution is -0.133. The van der Waals surface area contributed by atoms with E-state index in [0.717, 1.165) is 5.56 Å². The molecule has 2 aromatic rings. The predicted molar refractivity (Wildman–Crippen MR) is 103 cm³/mol. The second kappa shape index (κ2) is 10.3. The summed E-state index contributed by atoms with van der Waals surface area (Å²) in [5, 5.41) is 21.2. The maximum Gasteiger partial charge on any atom is 0.268 e. The van der Waals surface area contributed by atoms with Crippen molar-refractivity contribution in [1.29, 1.82) is 0 Å². The molecule has 0 saturated heterocycles. The number of halogens is 1. The van der Waals surface area contributed by atoms with Gasteiger partial charge < -0.3 is 10.4 Å². The standard InChI is InChI=1S/C19H17ClN2O4.CH4/c1-12(23)17(19(25)22-26)21-18(24)15-8-4-13(5-9-15)2-3-14-6-10-16(20)11-7-14;/h4-12,17,23,26H,1H3,(H,21,24)(H,22,25);1H4/t12-,17+;/m1./s1. The number of hydrogen-bond acceptors (Lipinski definition) is 4. The topological polar surface area (TPSA) is 98.7 Å². The molecule has 2 amide bonds. The van der Waals surface area contributed by atoms with Crippen molar-refractivity contribution in [2.75, 3.05) is 0 Å². The second-order valence-corrected chi connectivity index (χ2v) is 5.94. The molecule has 0 radical (unpaired) electrons. The third kappa shape index (κ3) is 6.42. The van der Waals surface area contributed by atoms with Crippen molar-refractivity contribution in [3.05, 3.63) is 70.2 Å². The van der Waals surface area contributed by atoms with Crippen LogP contribution in [0.4, 0.5) is 0 Å². The largest absolute Gasteiger partial charge is 0.391 e. The number of carbonyl (C=O) groups excluding carboxylic acids is 2. The Kier molecular flexibility index (Phi) is 8.49. The molecule has 0 aliphatic rings. The van der Waals surface area contributed by atoms with Crippen LogP contribution in [0.15, 0.2) is 48.5 Å². The van der Waals surface area contributed by atoms with Gasteiger partial charge in [0.2, 0.25) is 0 Å². The van der Waals surface area contributed by atoms with Gasteiger partial charge >= 0.3 is 0 Å². The summed E-state index contributed by atoms with van der Waals surface area (Å²) in [6.45, 7) is 1.33. The molecule has 2 rings (SSSR count). The van der Waals surface area contributed by atoms with Gasteiger partial charge in [0.15, 0.2) is 0 Å². The van der Waals surface area contributed by atoms with Gasteiger partial charge in [-0.25, -0.2) is 5.48 Å². The van der Waals surface area contributed by atoms with Gasteiger partial charge in [0.1, 0.15) is 6.04 Å². The first-order valence-corrected chi connectivity index (χ1v) is 8.09. The second-order valence-electron chi connectivity index (χ2n) is 5.50. The first kappa shape index (κ1) is 22.2.